The van der Waals surface area contributed by atoms with Crippen molar-refractivity contribution in [2.24, 2.45) is 5.84 Å². The maximum absolute atomic E-state index is 5.57. The third-order valence-electron chi connectivity index (χ3n) is 3.78. The molecule has 0 radical (unpaired) electrons. The number of nitrogen functional groups attached to an aromatic ring is 1. The summed E-state index contributed by atoms with van der Waals surface area (Å²) in [5, 5.41) is 3.41. The highest BCUT2D eigenvalue weighted by Gasteiger charge is 2.28. The quantitative estimate of drug-likeness (QED) is 0.581. The number of nitrogens with zero attached hydrogens (tertiary/aromatic N) is 2. The lowest BCUT2D eigenvalue weighted by atomic mass is 10.1. The molecule has 1 fully saturated rings. The molecule has 5 nitrogen and oxygen atoms in total. The Kier molecular flexibility index (Phi) is 3.75. The van der Waals surface area contributed by atoms with Gasteiger partial charge in [-0.05, 0) is 32.3 Å². The third-order valence-corrected chi connectivity index (χ3v) is 3.78. The molecule has 1 aliphatic rings. The highest BCUT2D eigenvalue weighted by Crippen LogP contribution is 2.39. The van der Waals surface area contributed by atoms with Crippen molar-refractivity contribution in [3.63, 3.8) is 0 Å². The molecule has 5 heteroatoms. The first-order chi connectivity index (χ1) is 10.2. The van der Waals surface area contributed by atoms with Crippen LogP contribution in [-0.2, 0) is 6.54 Å². The van der Waals surface area contributed by atoms with Gasteiger partial charge in [0.15, 0.2) is 0 Å². The predicted molar refractivity (Wildman–Crippen MR) is 85.1 cm³/mol. The smallest absolute Gasteiger partial charge is 0.148 e. The van der Waals surface area contributed by atoms with Gasteiger partial charge in [-0.15, -0.1) is 0 Å². The second-order valence-corrected chi connectivity index (χ2v) is 5.67. The molecule has 3 rings (SSSR count). The highest BCUT2D eigenvalue weighted by atomic mass is 15.3. The van der Waals surface area contributed by atoms with E-state index in [1.54, 1.807) is 0 Å². The van der Waals surface area contributed by atoms with Gasteiger partial charge in [0.2, 0.25) is 0 Å². The average Bonchev–Trinajstić information content (AvgIpc) is 3.31. The number of aryl methyl sites for hydroxylation is 1. The van der Waals surface area contributed by atoms with E-state index in [0.717, 1.165) is 23.8 Å². The van der Waals surface area contributed by atoms with Crippen molar-refractivity contribution < 1.29 is 0 Å². The Morgan fingerprint density at radius 3 is 2.62 bits per heavy atom. The molecule has 1 aromatic carbocycles. The molecule has 1 heterocycles. The van der Waals surface area contributed by atoms with Gasteiger partial charge in [0.25, 0.3) is 0 Å². The summed E-state index contributed by atoms with van der Waals surface area (Å²) in [5.74, 6) is 8.52. The summed E-state index contributed by atoms with van der Waals surface area (Å²) in [4.78, 5) is 9.16. The van der Waals surface area contributed by atoms with Crippen LogP contribution in [0.15, 0.2) is 24.3 Å². The predicted octanol–water partition coefficient (Wildman–Crippen LogP) is 2.87. The van der Waals surface area contributed by atoms with E-state index in [-0.39, 0.29) is 0 Å². The van der Waals surface area contributed by atoms with Crippen molar-refractivity contribution in [2.45, 2.75) is 39.2 Å². The first-order valence-corrected chi connectivity index (χ1v) is 7.32. The number of aromatic nitrogens is 2. The van der Waals surface area contributed by atoms with E-state index in [1.165, 1.54) is 24.0 Å². The lowest BCUT2D eigenvalue weighted by molar-refractivity contribution is 0.910. The minimum Gasteiger partial charge on any atom is -0.366 e. The number of anilines is 2. The number of hydrazine groups is 1. The zero-order valence-electron chi connectivity index (χ0n) is 12.5. The van der Waals surface area contributed by atoms with E-state index < -0.39 is 0 Å². The van der Waals surface area contributed by atoms with Gasteiger partial charge in [-0.1, -0.05) is 29.8 Å². The van der Waals surface area contributed by atoms with Crippen LogP contribution in [0.2, 0.25) is 0 Å². The second kappa shape index (κ2) is 5.69. The van der Waals surface area contributed by atoms with E-state index in [1.807, 2.05) is 6.92 Å². The zero-order chi connectivity index (χ0) is 14.8. The molecule has 1 aromatic heterocycles. The Balaban J connectivity index is 1.82. The van der Waals surface area contributed by atoms with Crippen LogP contribution in [0.25, 0.3) is 0 Å². The van der Waals surface area contributed by atoms with Gasteiger partial charge < -0.3 is 10.7 Å². The molecule has 0 amide bonds. The molecule has 4 N–H and O–H groups in total. The molecule has 0 atom stereocenters. The molecule has 0 unspecified atom stereocenters. The van der Waals surface area contributed by atoms with E-state index in [0.29, 0.717) is 11.7 Å². The standard InChI is InChI=1S/C16H21N5/c1-10-4-3-5-12(8-10)9-18-14-11(2)15(21-17)20-16(19-14)13-6-7-13/h3-5,8,13H,6-7,9,17H2,1-2H3,(H2,18,19,20,21). The number of nitrogens with one attached hydrogen (secondary N) is 2. The Morgan fingerprint density at radius 2 is 1.95 bits per heavy atom. The molecule has 2 aromatic rings. The molecular formula is C16H21N5. The normalized spacial score (nSPS) is 14.0. The number of hydrogen-bond acceptors (Lipinski definition) is 5. The largest absolute Gasteiger partial charge is 0.366 e. The van der Waals surface area contributed by atoms with E-state index in [9.17, 15) is 0 Å². The Labute approximate surface area is 125 Å². The fourth-order valence-electron chi connectivity index (χ4n) is 2.38. The molecule has 0 spiro atoms. The van der Waals surface area contributed by atoms with Gasteiger partial charge >= 0.3 is 0 Å². The fraction of sp³-hybridized carbons (Fsp3) is 0.375. The van der Waals surface area contributed by atoms with Crippen LogP contribution < -0.4 is 16.6 Å². The van der Waals surface area contributed by atoms with Crippen molar-refractivity contribution in [1.29, 1.82) is 0 Å². The minimum absolute atomic E-state index is 0.497. The first-order valence-electron chi connectivity index (χ1n) is 7.32. The van der Waals surface area contributed by atoms with Crippen molar-refractivity contribution >= 4 is 11.6 Å². The van der Waals surface area contributed by atoms with E-state index in [4.69, 9.17) is 5.84 Å². The summed E-state index contributed by atoms with van der Waals surface area (Å²) in [6, 6.07) is 8.45. The SMILES string of the molecule is Cc1cccc(CNc2nc(C3CC3)nc(NN)c2C)c1. The maximum atomic E-state index is 5.57. The summed E-state index contributed by atoms with van der Waals surface area (Å²) in [6.07, 6.45) is 2.34. The highest BCUT2D eigenvalue weighted by molar-refractivity contribution is 5.57. The molecule has 0 bridgehead atoms. The van der Waals surface area contributed by atoms with Gasteiger partial charge in [-0.25, -0.2) is 15.8 Å². The summed E-state index contributed by atoms with van der Waals surface area (Å²) in [5.41, 5.74) is 6.13. The number of rotatable bonds is 5. The van der Waals surface area contributed by atoms with Gasteiger partial charge in [0.1, 0.15) is 17.5 Å². The van der Waals surface area contributed by atoms with Crippen molar-refractivity contribution in [3.05, 3.63) is 46.8 Å². The molecule has 1 saturated carbocycles. The van der Waals surface area contributed by atoms with Crippen LogP contribution in [-0.4, -0.2) is 9.97 Å². The van der Waals surface area contributed by atoms with Gasteiger partial charge in [-0.2, -0.15) is 0 Å². The van der Waals surface area contributed by atoms with Crippen LogP contribution in [0, 0.1) is 13.8 Å². The Hall–Kier alpha value is -2.14. The Morgan fingerprint density at radius 1 is 1.19 bits per heavy atom. The summed E-state index contributed by atoms with van der Waals surface area (Å²) >= 11 is 0. The zero-order valence-corrected chi connectivity index (χ0v) is 12.5. The average molecular weight is 283 g/mol. The molecule has 1 aliphatic carbocycles. The molecule has 110 valence electrons. The van der Waals surface area contributed by atoms with Crippen molar-refractivity contribution in [1.82, 2.24) is 9.97 Å². The van der Waals surface area contributed by atoms with Crippen LogP contribution in [0.3, 0.4) is 0 Å². The lowest BCUT2D eigenvalue weighted by Crippen LogP contribution is -2.14. The van der Waals surface area contributed by atoms with Crippen molar-refractivity contribution in [2.75, 3.05) is 10.7 Å². The summed E-state index contributed by atoms with van der Waals surface area (Å²) < 4.78 is 0. The lowest BCUT2D eigenvalue weighted by Gasteiger charge is -2.13. The van der Waals surface area contributed by atoms with E-state index in [2.05, 4.69) is 51.9 Å². The van der Waals surface area contributed by atoms with Gasteiger partial charge in [0, 0.05) is 18.0 Å². The second-order valence-electron chi connectivity index (χ2n) is 5.67. The molecule has 0 aliphatic heterocycles. The third kappa shape index (κ3) is 3.13. The monoisotopic (exact) mass is 283 g/mol. The van der Waals surface area contributed by atoms with Crippen LogP contribution in [0.5, 0.6) is 0 Å². The van der Waals surface area contributed by atoms with Crippen LogP contribution in [0.1, 0.15) is 41.3 Å². The van der Waals surface area contributed by atoms with Crippen LogP contribution in [0.4, 0.5) is 11.6 Å². The number of nitrogens with two attached hydrogens (primary N) is 1. The topological polar surface area (TPSA) is 75.9 Å². The fourth-order valence-corrected chi connectivity index (χ4v) is 2.38. The number of benzene rings is 1. The van der Waals surface area contributed by atoms with Crippen LogP contribution >= 0.6 is 0 Å². The summed E-state index contributed by atoms with van der Waals surface area (Å²) in [7, 11) is 0. The summed E-state index contributed by atoms with van der Waals surface area (Å²) in [6.45, 7) is 4.82. The van der Waals surface area contributed by atoms with E-state index >= 15 is 0 Å². The molecular weight excluding hydrogens is 262 g/mol. The molecule has 0 saturated heterocycles. The minimum atomic E-state index is 0.497. The first kappa shape index (κ1) is 13.8. The Bertz CT molecular complexity index is 649. The molecule has 21 heavy (non-hydrogen) atoms. The van der Waals surface area contributed by atoms with Gasteiger partial charge in [-0.3, -0.25) is 0 Å². The maximum Gasteiger partial charge on any atom is 0.148 e. The van der Waals surface area contributed by atoms with Crippen molar-refractivity contribution in [3.8, 4) is 0 Å². The number of hydrogen-bond donors (Lipinski definition) is 3. The van der Waals surface area contributed by atoms with Gasteiger partial charge in [0.05, 0.1) is 0 Å².